The molecule has 0 aliphatic heterocycles. The van der Waals surface area contributed by atoms with Gasteiger partial charge in [0.15, 0.2) is 0 Å². The SMILES string of the molecule is CCC[N+](CCC)(CCC)CCC.O=[N+]([O-])c1cc(-c2ccc[nH]2)c([O-])c(-c2ccc[nH]2)c1. The van der Waals surface area contributed by atoms with Crippen LogP contribution in [0.3, 0.4) is 0 Å². The van der Waals surface area contributed by atoms with E-state index >= 15 is 0 Å². The molecule has 0 spiro atoms. The van der Waals surface area contributed by atoms with E-state index in [1.54, 1.807) is 36.7 Å². The van der Waals surface area contributed by atoms with Crippen LogP contribution in [-0.4, -0.2) is 45.6 Å². The number of quaternary nitrogens is 1. The Labute approximate surface area is 197 Å². The van der Waals surface area contributed by atoms with Crippen LogP contribution >= 0.6 is 0 Å². The van der Waals surface area contributed by atoms with Gasteiger partial charge in [-0.05, 0) is 61.1 Å². The van der Waals surface area contributed by atoms with Crippen molar-refractivity contribution in [3.05, 3.63) is 58.9 Å². The number of hydrogen-bond acceptors (Lipinski definition) is 3. The van der Waals surface area contributed by atoms with Crippen LogP contribution in [-0.2, 0) is 0 Å². The Hall–Kier alpha value is -3.06. The molecule has 0 saturated heterocycles. The molecule has 0 amide bonds. The van der Waals surface area contributed by atoms with Crippen molar-refractivity contribution in [2.45, 2.75) is 53.4 Å². The van der Waals surface area contributed by atoms with E-state index in [0.29, 0.717) is 11.4 Å². The van der Waals surface area contributed by atoms with Crippen LogP contribution in [0.2, 0.25) is 0 Å². The molecule has 0 fully saturated rings. The average Bonchev–Trinajstić information content (AvgIpc) is 3.50. The molecule has 180 valence electrons. The molecule has 3 rings (SSSR count). The van der Waals surface area contributed by atoms with Gasteiger partial charge in [0.25, 0.3) is 5.69 Å². The molecule has 2 heterocycles. The van der Waals surface area contributed by atoms with Crippen LogP contribution in [0.25, 0.3) is 22.5 Å². The zero-order valence-corrected chi connectivity index (χ0v) is 20.4. The Morgan fingerprint density at radius 1 is 0.788 bits per heavy atom. The van der Waals surface area contributed by atoms with E-state index in [1.807, 2.05) is 0 Å². The molecule has 2 N–H and O–H groups in total. The zero-order chi connectivity index (χ0) is 24.3. The predicted octanol–water partition coefficient (Wildman–Crippen LogP) is 6.10. The van der Waals surface area contributed by atoms with Crippen LogP contribution in [0.4, 0.5) is 5.69 Å². The number of benzene rings is 1. The van der Waals surface area contributed by atoms with E-state index in [1.165, 1.54) is 68.5 Å². The molecule has 7 heteroatoms. The van der Waals surface area contributed by atoms with Gasteiger partial charge in [0, 0.05) is 35.9 Å². The van der Waals surface area contributed by atoms with Gasteiger partial charge in [-0.3, -0.25) is 10.1 Å². The summed E-state index contributed by atoms with van der Waals surface area (Å²) in [5.74, 6) is -0.250. The molecule has 0 aliphatic carbocycles. The third kappa shape index (κ3) is 6.96. The van der Waals surface area contributed by atoms with Gasteiger partial charge in [0.2, 0.25) is 0 Å². The molecule has 2 aromatic heterocycles. The lowest BCUT2D eigenvalue weighted by Gasteiger charge is -2.38. The summed E-state index contributed by atoms with van der Waals surface area (Å²) in [6.45, 7) is 14.8. The van der Waals surface area contributed by atoms with Crippen LogP contribution < -0.4 is 5.11 Å². The monoisotopic (exact) mass is 454 g/mol. The van der Waals surface area contributed by atoms with Gasteiger partial charge < -0.3 is 19.6 Å². The predicted molar refractivity (Wildman–Crippen MR) is 133 cm³/mol. The van der Waals surface area contributed by atoms with Crippen LogP contribution in [0.15, 0.2) is 48.8 Å². The molecule has 0 aliphatic rings. The first-order chi connectivity index (χ1) is 15.9. The van der Waals surface area contributed by atoms with Crippen molar-refractivity contribution in [1.82, 2.24) is 9.97 Å². The molecule has 0 bridgehead atoms. The van der Waals surface area contributed by atoms with Gasteiger partial charge in [-0.2, -0.15) is 0 Å². The molecular formula is C26H38N4O3. The number of non-ortho nitro benzene ring substituents is 1. The highest BCUT2D eigenvalue weighted by Gasteiger charge is 2.22. The zero-order valence-electron chi connectivity index (χ0n) is 20.4. The number of hydrogen-bond donors (Lipinski definition) is 2. The lowest BCUT2D eigenvalue weighted by molar-refractivity contribution is -0.928. The first kappa shape index (κ1) is 26.2. The molecule has 0 saturated carbocycles. The second kappa shape index (κ2) is 12.8. The van der Waals surface area contributed by atoms with E-state index in [9.17, 15) is 15.2 Å². The number of nitro groups is 1. The van der Waals surface area contributed by atoms with Gasteiger partial charge in [-0.15, -0.1) is 0 Å². The minimum absolute atomic E-state index is 0.112. The fourth-order valence-corrected chi connectivity index (χ4v) is 4.68. The summed E-state index contributed by atoms with van der Waals surface area (Å²) < 4.78 is 1.38. The third-order valence-corrected chi connectivity index (χ3v) is 5.85. The Bertz CT molecular complexity index is 881. The number of rotatable bonds is 11. The lowest BCUT2D eigenvalue weighted by Crippen LogP contribution is -2.50. The van der Waals surface area contributed by atoms with Crippen molar-refractivity contribution in [3.8, 4) is 28.3 Å². The molecule has 0 atom stereocenters. The number of aromatic nitrogens is 2. The molecule has 3 aromatic rings. The lowest BCUT2D eigenvalue weighted by atomic mass is 10.0. The molecule has 7 nitrogen and oxygen atoms in total. The Morgan fingerprint density at radius 3 is 1.45 bits per heavy atom. The van der Waals surface area contributed by atoms with Crippen molar-refractivity contribution >= 4 is 5.69 Å². The molecule has 0 unspecified atom stereocenters. The van der Waals surface area contributed by atoms with E-state index < -0.39 is 4.92 Å². The van der Waals surface area contributed by atoms with Crippen molar-refractivity contribution < 1.29 is 14.5 Å². The standard InChI is InChI=1S/C14H11N3O3.C12H28N/c18-14-10(12-3-1-5-15-12)7-9(17(19)20)8-11(14)13-4-2-6-16-13;1-5-9-13(10-6-2,11-7-3)12-8-4/h1-8,15-16,18H;5-12H2,1-4H3/q;+1/p-1. The normalized spacial score (nSPS) is 11.2. The van der Waals surface area contributed by atoms with Gasteiger partial charge in [-0.1, -0.05) is 33.4 Å². The van der Waals surface area contributed by atoms with Gasteiger partial charge >= 0.3 is 0 Å². The first-order valence-corrected chi connectivity index (χ1v) is 12.0. The Kier molecular flexibility index (Phi) is 10.2. The Morgan fingerprint density at radius 2 is 1.18 bits per heavy atom. The number of nitrogens with zero attached hydrogens (tertiary/aromatic N) is 2. The molecule has 33 heavy (non-hydrogen) atoms. The maximum atomic E-state index is 12.5. The second-order valence-corrected chi connectivity index (χ2v) is 8.53. The fraction of sp³-hybridized carbons (Fsp3) is 0.462. The fourth-order valence-electron chi connectivity index (χ4n) is 4.68. The average molecular weight is 455 g/mol. The summed E-state index contributed by atoms with van der Waals surface area (Å²) in [5.41, 5.74) is 1.58. The molecular weight excluding hydrogens is 416 g/mol. The van der Waals surface area contributed by atoms with Gasteiger partial charge in [-0.25, -0.2) is 0 Å². The largest absolute Gasteiger partial charge is 0.872 e. The molecule has 0 radical (unpaired) electrons. The highest BCUT2D eigenvalue weighted by atomic mass is 16.6. The van der Waals surface area contributed by atoms with Crippen molar-refractivity contribution in [2.75, 3.05) is 26.2 Å². The van der Waals surface area contributed by atoms with Gasteiger partial charge in [0.1, 0.15) is 0 Å². The number of H-pyrrole nitrogens is 2. The summed E-state index contributed by atoms with van der Waals surface area (Å²) in [6, 6.07) is 9.48. The second-order valence-electron chi connectivity index (χ2n) is 8.53. The van der Waals surface area contributed by atoms with Crippen LogP contribution in [0, 0.1) is 10.1 Å². The minimum Gasteiger partial charge on any atom is -0.872 e. The highest BCUT2D eigenvalue weighted by Crippen LogP contribution is 2.38. The topological polar surface area (TPSA) is 97.8 Å². The summed E-state index contributed by atoms with van der Waals surface area (Å²) in [6.07, 6.45) is 8.67. The summed E-state index contributed by atoms with van der Waals surface area (Å²) in [5, 5.41) is 23.5. The number of nitrogens with one attached hydrogen (secondary N) is 2. The van der Waals surface area contributed by atoms with Gasteiger partial charge in [0.05, 0.1) is 31.1 Å². The third-order valence-electron chi connectivity index (χ3n) is 5.85. The smallest absolute Gasteiger partial charge is 0.270 e. The summed E-state index contributed by atoms with van der Waals surface area (Å²) in [4.78, 5) is 16.3. The maximum absolute atomic E-state index is 12.5. The quantitative estimate of drug-likeness (QED) is 0.208. The summed E-state index contributed by atoms with van der Waals surface area (Å²) in [7, 11) is 0. The first-order valence-electron chi connectivity index (χ1n) is 12.0. The van der Waals surface area contributed by atoms with Crippen LogP contribution in [0.5, 0.6) is 5.75 Å². The van der Waals surface area contributed by atoms with E-state index in [-0.39, 0.29) is 22.6 Å². The van der Waals surface area contributed by atoms with E-state index in [0.717, 1.165) is 0 Å². The van der Waals surface area contributed by atoms with Crippen molar-refractivity contribution in [2.24, 2.45) is 0 Å². The minimum atomic E-state index is -0.502. The maximum Gasteiger partial charge on any atom is 0.270 e. The van der Waals surface area contributed by atoms with Crippen LogP contribution in [0.1, 0.15) is 53.4 Å². The molecule has 1 aromatic carbocycles. The summed E-state index contributed by atoms with van der Waals surface area (Å²) >= 11 is 0. The van der Waals surface area contributed by atoms with Crippen molar-refractivity contribution in [3.63, 3.8) is 0 Å². The van der Waals surface area contributed by atoms with Crippen molar-refractivity contribution in [1.29, 1.82) is 0 Å². The van der Waals surface area contributed by atoms with E-state index in [4.69, 9.17) is 0 Å². The number of aromatic amines is 2. The Balaban J connectivity index is 0.000000260. The van der Waals surface area contributed by atoms with E-state index in [2.05, 4.69) is 37.7 Å². The highest BCUT2D eigenvalue weighted by molar-refractivity contribution is 5.81. The number of nitro benzene ring substituents is 1.